The Morgan fingerprint density at radius 2 is 1.86 bits per heavy atom. The van der Waals surface area contributed by atoms with Crippen LogP contribution in [0, 0.1) is 0 Å². The lowest BCUT2D eigenvalue weighted by Gasteiger charge is -2.32. The van der Waals surface area contributed by atoms with Crippen molar-refractivity contribution >= 4 is 17.8 Å². The fourth-order valence-corrected chi connectivity index (χ4v) is 1.73. The van der Waals surface area contributed by atoms with Crippen molar-refractivity contribution in [1.82, 2.24) is 15.1 Å². The number of carboxylic acids is 1. The van der Waals surface area contributed by atoms with Crippen LogP contribution >= 0.6 is 0 Å². The maximum atomic E-state index is 12.0. The van der Waals surface area contributed by atoms with Crippen molar-refractivity contribution < 1.29 is 24.2 Å². The molecule has 0 aromatic rings. The van der Waals surface area contributed by atoms with Crippen LogP contribution in [0.4, 0.5) is 0 Å². The molecule has 1 aliphatic heterocycles. The van der Waals surface area contributed by atoms with E-state index in [4.69, 9.17) is 9.84 Å². The van der Waals surface area contributed by atoms with E-state index in [-0.39, 0.29) is 12.4 Å². The van der Waals surface area contributed by atoms with Crippen LogP contribution in [0.5, 0.6) is 0 Å². The number of nitrogens with zero attached hydrogens (tertiary/aromatic N) is 2. The third kappa shape index (κ3) is 4.83. The van der Waals surface area contributed by atoms with Crippen LogP contribution in [0.1, 0.15) is 0 Å². The van der Waals surface area contributed by atoms with Crippen LogP contribution in [-0.4, -0.2) is 65.7 Å². The van der Waals surface area contributed by atoms with E-state index < -0.39 is 23.5 Å². The molecule has 0 saturated carbocycles. The molecule has 120 valence electrons. The summed E-state index contributed by atoms with van der Waals surface area (Å²) >= 11 is 0. The second-order valence-electron chi connectivity index (χ2n) is 4.53. The lowest BCUT2D eigenvalue weighted by atomic mass is 10.3. The molecule has 1 fully saturated rings. The zero-order valence-corrected chi connectivity index (χ0v) is 12.2. The first-order valence-corrected chi connectivity index (χ1v) is 6.53. The Kier molecular flexibility index (Phi) is 6.48. The Balaban J connectivity index is 2.77. The molecule has 2 amide bonds. The van der Waals surface area contributed by atoms with Gasteiger partial charge in [-0.05, 0) is 6.08 Å². The Hall–Kier alpha value is -2.45. The minimum atomic E-state index is -1.36. The number of amides is 2. The summed E-state index contributed by atoms with van der Waals surface area (Å²) in [6.45, 7) is 12.6. The van der Waals surface area contributed by atoms with Gasteiger partial charge in [-0.15, -0.1) is 0 Å². The normalized spacial score (nSPS) is 14.7. The number of carbonyl (C=O) groups is 3. The van der Waals surface area contributed by atoms with Gasteiger partial charge in [0.2, 0.25) is 0 Å². The maximum absolute atomic E-state index is 12.0. The first-order valence-electron chi connectivity index (χ1n) is 6.53. The van der Waals surface area contributed by atoms with Crippen molar-refractivity contribution in [3.8, 4) is 0 Å². The lowest BCUT2D eigenvalue weighted by Crippen LogP contribution is -2.47. The first-order chi connectivity index (χ1) is 10.4. The Morgan fingerprint density at radius 1 is 1.27 bits per heavy atom. The largest absolute Gasteiger partial charge is 0.477 e. The molecule has 0 spiro atoms. The molecule has 0 aromatic carbocycles. The average Bonchev–Trinajstić information content (AvgIpc) is 2.51. The minimum absolute atomic E-state index is 0.139. The van der Waals surface area contributed by atoms with E-state index in [1.54, 1.807) is 0 Å². The summed E-state index contributed by atoms with van der Waals surface area (Å²) in [7, 11) is 0. The predicted molar refractivity (Wildman–Crippen MR) is 78.4 cm³/mol. The smallest absolute Gasteiger partial charge is 0.351 e. The molecule has 0 radical (unpaired) electrons. The fourth-order valence-electron chi connectivity index (χ4n) is 1.73. The zero-order valence-electron chi connectivity index (χ0n) is 12.2. The van der Waals surface area contributed by atoms with Gasteiger partial charge in [0.05, 0.1) is 19.9 Å². The molecule has 1 heterocycles. The van der Waals surface area contributed by atoms with Gasteiger partial charge in [0, 0.05) is 13.1 Å². The molecule has 0 atom stereocenters. The number of hydrogen-bond acceptors (Lipinski definition) is 5. The van der Waals surface area contributed by atoms with Gasteiger partial charge >= 0.3 is 5.97 Å². The number of carbonyl (C=O) groups excluding carboxylic acids is 2. The molecule has 0 unspecified atom stereocenters. The molecule has 0 bridgehead atoms. The number of morpholine rings is 1. The maximum Gasteiger partial charge on any atom is 0.351 e. The highest BCUT2D eigenvalue weighted by atomic mass is 16.5. The van der Waals surface area contributed by atoms with Gasteiger partial charge in [0.15, 0.2) is 0 Å². The van der Waals surface area contributed by atoms with E-state index in [2.05, 4.69) is 25.1 Å². The van der Waals surface area contributed by atoms with Crippen molar-refractivity contribution in [2.75, 3.05) is 33.0 Å². The summed E-state index contributed by atoms with van der Waals surface area (Å²) in [5.74, 6) is -2.68. The number of hydrogen-bond donors (Lipinski definition) is 2. The monoisotopic (exact) mass is 309 g/mol. The van der Waals surface area contributed by atoms with E-state index in [9.17, 15) is 14.4 Å². The molecular formula is C14H19N3O5. The lowest BCUT2D eigenvalue weighted by molar-refractivity contribution is -0.134. The van der Waals surface area contributed by atoms with Crippen molar-refractivity contribution in [1.29, 1.82) is 0 Å². The van der Waals surface area contributed by atoms with Crippen molar-refractivity contribution in [2.45, 2.75) is 0 Å². The Morgan fingerprint density at radius 3 is 2.36 bits per heavy atom. The Labute approximate surface area is 128 Å². The van der Waals surface area contributed by atoms with Crippen LogP contribution in [-0.2, 0) is 19.1 Å². The molecule has 1 aliphatic rings. The summed E-state index contributed by atoms with van der Waals surface area (Å²) in [4.78, 5) is 37.6. The van der Waals surface area contributed by atoms with Crippen LogP contribution in [0.25, 0.3) is 0 Å². The van der Waals surface area contributed by atoms with Gasteiger partial charge in [-0.3, -0.25) is 19.4 Å². The zero-order chi connectivity index (χ0) is 16.7. The number of carboxylic acid groups (broad SMARTS) is 1. The molecule has 1 saturated heterocycles. The second kappa shape index (κ2) is 8.11. The molecule has 0 aromatic heterocycles. The van der Waals surface area contributed by atoms with Gasteiger partial charge in [0.25, 0.3) is 11.8 Å². The van der Waals surface area contributed by atoms with E-state index in [0.717, 1.165) is 11.0 Å². The van der Waals surface area contributed by atoms with Gasteiger partial charge in [0.1, 0.15) is 11.4 Å². The highest BCUT2D eigenvalue weighted by molar-refractivity contribution is 6.02. The van der Waals surface area contributed by atoms with Gasteiger partial charge in [-0.25, -0.2) is 4.79 Å². The van der Waals surface area contributed by atoms with E-state index in [1.807, 2.05) is 4.90 Å². The molecule has 8 nitrogen and oxygen atoms in total. The number of rotatable bonds is 7. The summed E-state index contributed by atoms with van der Waals surface area (Å²) in [6.07, 6.45) is 1.06. The standard InChI is InChI=1S/C14H19N3O5/c1-4-12(18)17(9-16-5-7-22-8-6-16)11(3)13(19)15-10(2)14(20)21/h4H,1-3,5-9H2,(H,15,19)(H,20,21). The highest BCUT2D eigenvalue weighted by Crippen LogP contribution is 2.08. The summed E-state index contributed by atoms with van der Waals surface area (Å²) in [5.41, 5.74) is -0.678. The summed E-state index contributed by atoms with van der Waals surface area (Å²) in [6, 6.07) is 0. The number of nitrogens with one attached hydrogen (secondary N) is 1. The van der Waals surface area contributed by atoms with Crippen LogP contribution < -0.4 is 5.32 Å². The predicted octanol–water partition coefficient (Wildman–Crippen LogP) is -0.481. The first kappa shape index (κ1) is 17.6. The van der Waals surface area contributed by atoms with Gasteiger partial charge < -0.3 is 15.2 Å². The molecule has 0 aliphatic carbocycles. The van der Waals surface area contributed by atoms with Crippen LogP contribution in [0.15, 0.2) is 37.2 Å². The van der Waals surface area contributed by atoms with Crippen molar-refractivity contribution in [2.24, 2.45) is 0 Å². The third-order valence-corrected chi connectivity index (χ3v) is 3.00. The topological polar surface area (TPSA) is 99.2 Å². The molecular weight excluding hydrogens is 290 g/mol. The van der Waals surface area contributed by atoms with E-state index in [1.165, 1.54) is 0 Å². The van der Waals surface area contributed by atoms with E-state index in [0.29, 0.717) is 26.3 Å². The minimum Gasteiger partial charge on any atom is -0.477 e. The summed E-state index contributed by atoms with van der Waals surface area (Å²) < 4.78 is 5.21. The fraction of sp³-hybridized carbons (Fsp3) is 0.357. The average molecular weight is 309 g/mol. The van der Waals surface area contributed by atoms with Gasteiger partial charge in [-0.1, -0.05) is 19.7 Å². The molecule has 22 heavy (non-hydrogen) atoms. The van der Waals surface area contributed by atoms with Crippen molar-refractivity contribution in [3.63, 3.8) is 0 Å². The van der Waals surface area contributed by atoms with Gasteiger partial charge in [-0.2, -0.15) is 0 Å². The molecule has 2 N–H and O–H groups in total. The number of aliphatic carboxylic acids is 1. The molecule has 1 rings (SSSR count). The number of ether oxygens (including phenoxy) is 1. The Bertz CT molecular complexity index is 509. The second-order valence-corrected chi connectivity index (χ2v) is 4.53. The quantitative estimate of drug-likeness (QED) is 0.616. The molecule has 8 heteroatoms. The highest BCUT2D eigenvalue weighted by Gasteiger charge is 2.24. The summed E-state index contributed by atoms with van der Waals surface area (Å²) in [5, 5.41) is 10.8. The third-order valence-electron chi connectivity index (χ3n) is 3.00. The van der Waals surface area contributed by atoms with E-state index >= 15 is 0 Å². The van der Waals surface area contributed by atoms with Crippen LogP contribution in [0.3, 0.4) is 0 Å². The van der Waals surface area contributed by atoms with Crippen LogP contribution in [0.2, 0.25) is 0 Å². The SMILES string of the molecule is C=CC(=O)N(CN1CCOCC1)C(=C)C(=O)NC(=C)C(=O)O. The van der Waals surface area contributed by atoms with Crippen molar-refractivity contribution in [3.05, 3.63) is 37.2 Å².